The van der Waals surface area contributed by atoms with Crippen LogP contribution in [0, 0.1) is 6.92 Å². The molecule has 0 spiro atoms. The monoisotopic (exact) mass is 317 g/mol. The fourth-order valence-electron chi connectivity index (χ4n) is 3.53. The fourth-order valence-corrected chi connectivity index (χ4v) is 3.53. The van der Waals surface area contributed by atoms with Crippen molar-refractivity contribution in [3.05, 3.63) is 35.4 Å². The van der Waals surface area contributed by atoms with Gasteiger partial charge in [-0.25, -0.2) is 4.79 Å². The van der Waals surface area contributed by atoms with E-state index in [9.17, 15) is 9.59 Å². The third-order valence-corrected chi connectivity index (χ3v) is 4.69. The summed E-state index contributed by atoms with van der Waals surface area (Å²) in [6.45, 7) is 4.70. The molecule has 5 nitrogen and oxygen atoms in total. The first-order valence-electron chi connectivity index (χ1n) is 8.44. The van der Waals surface area contributed by atoms with Gasteiger partial charge in [-0.3, -0.25) is 4.79 Å². The molecule has 1 atom stereocenters. The van der Waals surface area contributed by atoms with Crippen molar-refractivity contribution in [1.29, 1.82) is 0 Å². The standard InChI is InChI=1S/C18H27N3O2/c1-3-21(14-9-5-6-10-14)17(22)12-16(20-18(19)23)15-11-7-4-8-13(15)2/h4,7-8,11,14,16H,3,5-6,9-10,12H2,1-2H3,(H3,19,20,23). The lowest BCUT2D eigenvalue weighted by atomic mass is 9.98. The van der Waals surface area contributed by atoms with E-state index in [-0.39, 0.29) is 18.4 Å². The average molecular weight is 317 g/mol. The van der Waals surface area contributed by atoms with E-state index in [0.29, 0.717) is 12.6 Å². The molecule has 1 aliphatic rings. The van der Waals surface area contributed by atoms with Crippen LogP contribution in [0.1, 0.15) is 56.2 Å². The highest BCUT2D eigenvalue weighted by Gasteiger charge is 2.28. The molecule has 2 rings (SSSR count). The number of carbonyl (C=O) groups excluding carboxylic acids is 2. The van der Waals surface area contributed by atoms with E-state index in [1.807, 2.05) is 43.0 Å². The summed E-state index contributed by atoms with van der Waals surface area (Å²) in [6.07, 6.45) is 4.79. The van der Waals surface area contributed by atoms with Crippen molar-refractivity contribution in [2.45, 2.75) is 58.0 Å². The maximum Gasteiger partial charge on any atom is 0.312 e. The Bertz CT molecular complexity index is 553. The maximum absolute atomic E-state index is 12.8. The highest BCUT2D eigenvalue weighted by atomic mass is 16.2. The maximum atomic E-state index is 12.8. The number of nitrogens with one attached hydrogen (secondary N) is 1. The van der Waals surface area contributed by atoms with Crippen molar-refractivity contribution in [3.63, 3.8) is 0 Å². The van der Waals surface area contributed by atoms with Crippen LogP contribution in [0.5, 0.6) is 0 Å². The van der Waals surface area contributed by atoms with E-state index in [2.05, 4.69) is 5.32 Å². The molecule has 3 amide bonds. The van der Waals surface area contributed by atoms with Gasteiger partial charge in [-0.2, -0.15) is 0 Å². The number of urea groups is 1. The van der Waals surface area contributed by atoms with Crippen molar-refractivity contribution in [1.82, 2.24) is 10.2 Å². The van der Waals surface area contributed by atoms with Crippen molar-refractivity contribution in [2.24, 2.45) is 5.73 Å². The van der Waals surface area contributed by atoms with E-state index < -0.39 is 6.03 Å². The van der Waals surface area contributed by atoms with Crippen LogP contribution >= 0.6 is 0 Å². The number of nitrogens with zero attached hydrogens (tertiary/aromatic N) is 1. The number of nitrogens with two attached hydrogens (primary N) is 1. The molecule has 0 heterocycles. The van der Waals surface area contributed by atoms with Gasteiger partial charge in [0.15, 0.2) is 0 Å². The highest BCUT2D eigenvalue weighted by molar-refractivity contribution is 5.79. The van der Waals surface area contributed by atoms with Gasteiger partial charge >= 0.3 is 6.03 Å². The molecule has 1 saturated carbocycles. The van der Waals surface area contributed by atoms with Crippen molar-refractivity contribution in [2.75, 3.05) is 6.54 Å². The molecule has 23 heavy (non-hydrogen) atoms. The summed E-state index contributed by atoms with van der Waals surface area (Å²) >= 11 is 0. The summed E-state index contributed by atoms with van der Waals surface area (Å²) in [7, 11) is 0. The summed E-state index contributed by atoms with van der Waals surface area (Å²) in [5.74, 6) is 0.0846. The molecule has 126 valence electrons. The Morgan fingerprint density at radius 1 is 1.30 bits per heavy atom. The smallest absolute Gasteiger partial charge is 0.312 e. The molecular formula is C18H27N3O2. The molecule has 0 aliphatic heterocycles. The Hall–Kier alpha value is -2.04. The van der Waals surface area contributed by atoms with Gasteiger partial charge in [0.1, 0.15) is 0 Å². The quantitative estimate of drug-likeness (QED) is 0.846. The zero-order chi connectivity index (χ0) is 16.8. The predicted molar refractivity (Wildman–Crippen MR) is 90.9 cm³/mol. The average Bonchev–Trinajstić information content (AvgIpc) is 3.01. The summed E-state index contributed by atoms with van der Waals surface area (Å²) in [6, 6.07) is 7.14. The predicted octanol–water partition coefficient (Wildman–Crippen LogP) is 2.89. The number of carbonyl (C=O) groups is 2. The first kappa shape index (κ1) is 17.3. The third kappa shape index (κ3) is 4.47. The van der Waals surface area contributed by atoms with Crippen LogP contribution in [0.3, 0.4) is 0 Å². The Morgan fingerprint density at radius 3 is 2.52 bits per heavy atom. The molecule has 0 aromatic heterocycles. The molecule has 5 heteroatoms. The molecule has 0 bridgehead atoms. The second-order valence-corrected chi connectivity index (χ2v) is 6.24. The summed E-state index contributed by atoms with van der Waals surface area (Å²) < 4.78 is 0. The van der Waals surface area contributed by atoms with Gasteiger partial charge in [0, 0.05) is 12.6 Å². The van der Waals surface area contributed by atoms with Gasteiger partial charge in [-0.15, -0.1) is 0 Å². The van der Waals surface area contributed by atoms with Gasteiger partial charge in [0.05, 0.1) is 12.5 Å². The minimum absolute atomic E-state index is 0.0846. The molecule has 3 N–H and O–H groups in total. The molecule has 0 saturated heterocycles. The molecule has 0 radical (unpaired) electrons. The molecule has 1 unspecified atom stereocenters. The summed E-state index contributed by atoms with van der Waals surface area (Å²) in [5.41, 5.74) is 7.30. The highest BCUT2D eigenvalue weighted by Crippen LogP contribution is 2.26. The summed E-state index contributed by atoms with van der Waals surface area (Å²) in [4.78, 5) is 26.1. The number of benzene rings is 1. The molecular weight excluding hydrogens is 290 g/mol. The van der Waals surface area contributed by atoms with Gasteiger partial charge in [0.25, 0.3) is 0 Å². The second-order valence-electron chi connectivity index (χ2n) is 6.24. The van der Waals surface area contributed by atoms with Crippen LogP contribution in [0.15, 0.2) is 24.3 Å². The van der Waals surface area contributed by atoms with Crippen LogP contribution in [0.25, 0.3) is 0 Å². The Kier molecular flexibility index (Phi) is 6.02. The number of aryl methyl sites for hydroxylation is 1. The Morgan fingerprint density at radius 2 is 1.96 bits per heavy atom. The lowest BCUT2D eigenvalue weighted by Crippen LogP contribution is -2.42. The Balaban J connectivity index is 2.14. The largest absolute Gasteiger partial charge is 0.352 e. The molecule has 1 fully saturated rings. The minimum atomic E-state index is -0.602. The lowest BCUT2D eigenvalue weighted by molar-refractivity contribution is -0.133. The molecule has 1 aliphatic carbocycles. The minimum Gasteiger partial charge on any atom is -0.352 e. The van der Waals surface area contributed by atoms with Crippen LogP contribution in [-0.4, -0.2) is 29.4 Å². The third-order valence-electron chi connectivity index (χ3n) is 4.69. The van der Waals surface area contributed by atoms with Crippen molar-refractivity contribution < 1.29 is 9.59 Å². The first-order valence-corrected chi connectivity index (χ1v) is 8.44. The van der Waals surface area contributed by atoms with Gasteiger partial charge in [0.2, 0.25) is 5.91 Å². The van der Waals surface area contributed by atoms with E-state index in [4.69, 9.17) is 5.73 Å². The lowest BCUT2D eigenvalue weighted by Gasteiger charge is -2.30. The van der Waals surface area contributed by atoms with Gasteiger partial charge < -0.3 is 16.0 Å². The van der Waals surface area contributed by atoms with E-state index in [1.165, 1.54) is 12.8 Å². The van der Waals surface area contributed by atoms with Crippen molar-refractivity contribution in [3.8, 4) is 0 Å². The molecule has 1 aromatic carbocycles. The SMILES string of the molecule is CCN(C(=O)CC(NC(N)=O)c1ccccc1C)C1CCCC1. The van der Waals surface area contributed by atoms with Crippen LogP contribution < -0.4 is 11.1 Å². The van der Waals surface area contributed by atoms with Crippen molar-refractivity contribution >= 4 is 11.9 Å². The zero-order valence-electron chi connectivity index (χ0n) is 14.0. The normalized spacial score (nSPS) is 16.1. The number of primary amides is 1. The van der Waals surface area contributed by atoms with E-state index in [0.717, 1.165) is 24.0 Å². The number of rotatable bonds is 6. The summed E-state index contributed by atoms with van der Waals surface area (Å²) in [5, 5.41) is 2.73. The zero-order valence-corrected chi connectivity index (χ0v) is 14.0. The van der Waals surface area contributed by atoms with Gasteiger partial charge in [-0.05, 0) is 37.8 Å². The Labute approximate surface area is 138 Å². The van der Waals surface area contributed by atoms with Crippen LogP contribution in [0.2, 0.25) is 0 Å². The molecule has 1 aromatic rings. The number of amides is 3. The number of hydrogen-bond donors (Lipinski definition) is 2. The second kappa shape index (κ2) is 7.99. The first-order chi connectivity index (χ1) is 11.0. The van der Waals surface area contributed by atoms with E-state index in [1.54, 1.807) is 0 Å². The van der Waals surface area contributed by atoms with E-state index >= 15 is 0 Å². The number of hydrogen-bond acceptors (Lipinski definition) is 2. The van der Waals surface area contributed by atoms with Gasteiger partial charge in [-0.1, -0.05) is 37.1 Å². The van der Waals surface area contributed by atoms with Crippen LogP contribution in [-0.2, 0) is 4.79 Å². The topological polar surface area (TPSA) is 75.4 Å². The van der Waals surface area contributed by atoms with Crippen LogP contribution in [0.4, 0.5) is 4.79 Å². The fraction of sp³-hybridized carbons (Fsp3) is 0.556.